The molecule has 0 aromatic carbocycles. The molecule has 6 unspecified atom stereocenters. The average molecular weight is 528 g/mol. The number of fused-ring (bicyclic) bond motifs is 2. The quantitative estimate of drug-likeness (QED) is 0.407. The number of carbonyl (C=O) groups is 2. The molecule has 9 atom stereocenters. The monoisotopic (exact) mass is 527 g/mol. The summed E-state index contributed by atoms with van der Waals surface area (Å²) in [6.07, 6.45) is 10.7. The van der Waals surface area contributed by atoms with Crippen molar-refractivity contribution >= 4 is 12.3 Å². The van der Waals surface area contributed by atoms with Gasteiger partial charge in [0.05, 0.1) is 30.8 Å². The van der Waals surface area contributed by atoms with Crippen LogP contribution in [-0.2, 0) is 23.8 Å². The molecule has 7 rings (SSSR count). The van der Waals surface area contributed by atoms with Crippen LogP contribution in [0.1, 0.15) is 72.1 Å². The number of rotatable bonds is 6. The third-order valence-electron chi connectivity index (χ3n) is 12.6. The minimum absolute atomic E-state index is 0.100. The highest BCUT2D eigenvalue weighted by Crippen LogP contribution is 2.84. The van der Waals surface area contributed by atoms with Gasteiger partial charge in [-0.05, 0) is 61.7 Å². The molecule has 6 fully saturated rings. The third kappa shape index (κ3) is 3.00. The number of likely N-dealkylation sites (tertiary alicyclic amines) is 1. The van der Waals surface area contributed by atoms with Crippen molar-refractivity contribution in [1.82, 2.24) is 4.90 Å². The SMILES string of the molecule is CC(C)C1=CC2CC3(C=O)[C@@H]4CC[C@@H](C)[C@H]4CC2(C2CCC(CN4CCC5(CC4)OCCO5)O2)C13C(=O)O. The number of carboxylic acids is 1. The molecule has 1 spiro atoms. The van der Waals surface area contributed by atoms with Crippen LogP contribution in [0.5, 0.6) is 0 Å². The summed E-state index contributed by atoms with van der Waals surface area (Å²) < 4.78 is 18.8. The number of piperidine rings is 1. The maximum atomic E-state index is 13.7. The summed E-state index contributed by atoms with van der Waals surface area (Å²) in [7, 11) is 0. The van der Waals surface area contributed by atoms with Crippen molar-refractivity contribution in [2.45, 2.75) is 90.1 Å². The van der Waals surface area contributed by atoms with Crippen LogP contribution >= 0.6 is 0 Å². The average Bonchev–Trinajstić information content (AvgIpc) is 3.70. The number of hydrogen-bond acceptors (Lipinski definition) is 6. The van der Waals surface area contributed by atoms with Gasteiger partial charge >= 0.3 is 5.97 Å². The van der Waals surface area contributed by atoms with Gasteiger partial charge in [0, 0.05) is 37.9 Å². The summed E-state index contributed by atoms with van der Waals surface area (Å²) in [5, 5.41) is 11.3. The molecule has 3 saturated carbocycles. The molecule has 3 heterocycles. The van der Waals surface area contributed by atoms with Gasteiger partial charge in [-0.2, -0.15) is 0 Å². The molecule has 1 N–H and O–H groups in total. The summed E-state index contributed by atoms with van der Waals surface area (Å²) in [5.41, 5.74) is -1.46. The van der Waals surface area contributed by atoms with Crippen molar-refractivity contribution in [2.24, 2.45) is 45.8 Å². The summed E-state index contributed by atoms with van der Waals surface area (Å²) in [6, 6.07) is 0. The Balaban J connectivity index is 1.20. The number of aliphatic carboxylic acids is 1. The van der Waals surface area contributed by atoms with Gasteiger partial charge in [-0.1, -0.05) is 38.8 Å². The minimum atomic E-state index is -1.14. The Hall–Kier alpha value is -1.28. The zero-order valence-corrected chi connectivity index (χ0v) is 23.3. The van der Waals surface area contributed by atoms with E-state index in [2.05, 4.69) is 31.7 Å². The summed E-state index contributed by atoms with van der Waals surface area (Å²) in [6.45, 7) is 10.7. The topological polar surface area (TPSA) is 85.3 Å². The number of carboxylic acid groups (broad SMARTS) is 1. The molecule has 3 saturated heterocycles. The first-order valence-electron chi connectivity index (χ1n) is 15.3. The Morgan fingerprint density at radius 3 is 2.53 bits per heavy atom. The zero-order chi connectivity index (χ0) is 26.5. The molecule has 7 nitrogen and oxygen atoms in total. The normalized spacial score (nSPS) is 49.1. The van der Waals surface area contributed by atoms with E-state index in [9.17, 15) is 14.7 Å². The van der Waals surface area contributed by atoms with E-state index in [0.29, 0.717) is 31.5 Å². The Morgan fingerprint density at radius 1 is 1.13 bits per heavy atom. The molecule has 38 heavy (non-hydrogen) atoms. The molecule has 0 aromatic heterocycles. The predicted molar refractivity (Wildman–Crippen MR) is 140 cm³/mol. The highest BCUT2D eigenvalue weighted by atomic mass is 16.7. The maximum Gasteiger partial charge on any atom is 0.315 e. The molecular formula is C31H45NO6. The molecule has 7 heteroatoms. The van der Waals surface area contributed by atoms with E-state index in [-0.39, 0.29) is 35.7 Å². The van der Waals surface area contributed by atoms with Crippen LogP contribution in [0.2, 0.25) is 0 Å². The van der Waals surface area contributed by atoms with Gasteiger partial charge in [0.25, 0.3) is 0 Å². The van der Waals surface area contributed by atoms with Crippen LogP contribution in [0, 0.1) is 45.8 Å². The number of aldehydes is 1. The second-order valence-corrected chi connectivity index (χ2v) is 14.1. The van der Waals surface area contributed by atoms with Crippen LogP contribution in [-0.4, -0.2) is 73.1 Å². The summed E-state index contributed by atoms with van der Waals surface area (Å²) >= 11 is 0. The van der Waals surface area contributed by atoms with Crippen LogP contribution in [0.4, 0.5) is 0 Å². The van der Waals surface area contributed by atoms with Crippen LogP contribution in [0.25, 0.3) is 0 Å². The van der Waals surface area contributed by atoms with Crippen LogP contribution in [0.15, 0.2) is 11.6 Å². The van der Waals surface area contributed by atoms with Gasteiger partial charge in [0.15, 0.2) is 5.79 Å². The molecule has 210 valence electrons. The summed E-state index contributed by atoms with van der Waals surface area (Å²) in [5.74, 6) is 0.168. The lowest BCUT2D eigenvalue weighted by molar-refractivity contribution is -0.199. The van der Waals surface area contributed by atoms with Crippen molar-refractivity contribution < 1.29 is 28.9 Å². The molecule has 4 bridgehead atoms. The highest BCUT2D eigenvalue weighted by Gasteiger charge is 2.86. The molecule has 7 aliphatic rings. The van der Waals surface area contributed by atoms with Gasteiger partial charge in [-0.25, -0.2) is 0 Å². The van der Waals surface area contributed by atoms with Crippen molar-refractivity contribution in [3.05, 3.63) is 11.6 Å². The van der Waals surface area contributed by atoms with E-state index in [1.807, 2.05) is 0 Å². The second kappa shape index (κ2) is 8.61. The summed E-state index contributed by atoms with van der Waals surface area (Å²) in [4.78, 5) is 29.5. The Morgan fingerprint density at radius 2 is 1.87 bits per heavy atom. The first kappa shape index (κ1) is 25.7. The third-order valence-corrected chi connectivity index (χ3v) is 12.6. The van der Waals surface area contributed by atoms with Gasteiger partial charge in [0.1, 0.15) is 11.7 Å². The fraction of sp³-hybridized carbons (Fsp3) is 0.871. The molecule has 3 aliphatic heterocycles. The predicted octanol–water partition coefficient (Wildman–Crippen LogP) is 4.30. The van der Waals surface area contributed by atoms with E-state index >= 15 is 0 Å². The molecule has 0 aromatic rings. The largest absolute Gasteiger partial charge is 0.481 e. The molecular weight excluding hydrogens is 482 g/mol. The second-order valence-electron chi connectivity index (χ2n) is 14.1. The minimum Gasteiger partial charge on any atom is -0.481 e. The first-order valence-corrected chi connectivity index (χ1v) is 15.3. The zero-order valence-electron chi connectivity index (χ0n) is 23.3. The van der Waals surface area contributed by atoms with E-state index < -0.39 is 22.2 Å². The van der Waals surface area contributed by atoms with Crippen LogP contribution in [0.3, 0.4) is 0 Å². The van der Waals surface area contributed by atoms with E-state index in [1.54, 1.807) is 0 Å². The number of carbonyl (C=O) groups excluding carboxylic acids is 1. The van der Waals surface area contributed by atoms with Crippen molar-refractivity contribution in [2.75, 3.05) is 32.8 Å². The number of nitrogens with zero attached hydrogens (tertiary/aromatic N) is 1. The van der Waals surface area contributed by atoms with Gasteiger partial charge in [0.2, 0.25) is 0 Å². The van der Waals surface area contributed by atoms with E-state index in [1.165, 1.54) is 0 Å². The first-order chi connectivity index (χ1) is 18.2. The Labute approximate surface area is 226 Å². The Bertz CT molecular complexity index is 1030. The lowest BCUT2D eigenvalue weighted by atomic mass is 9.41. The molecule has 4 aliphatic carbocycles. The molecule has 0 radical (unpaired) electrons. The van der Waals surface area contributed by atoms with Gasteiger partial charge in [-0.15, -0.1) is 0 Å². The lowest BCUT2D eigenvalue weighted by Gasteiger charge is -2.60. The lowest BCUT2D eigenvalue weighted by Crippen LogP contribution is -2.65. The highest BCUT2D eigenvalue weighted by molar-refractivity contribution is 5.90. The van der Waals surface area contributed by atoms with Crippen molar-refractivity contribution in [3.63, 3.8) is 0 Å². The van der Waals surface area contributed by atoms with E-state index in [0.717, 1.165) is 76.4 Å². The molecule has 0 amide bonds. The fourth-order valence-electron chi connectivity index (χ4n) is 11.2. The standard InChI is InChI=1S/C31H45NO6/c1-19(2)25-14-21-15-28(18-33)24-6-4-20(3)23(24)16-30(21,31(25,28)27(34)35)26-7-5-22(38-26)17-32-10-8-29(9-11-32)36-12-13-37-29/h14,18-24,26H,4-13,15-17H2,1-3H3,(H,34,35)/t20-,21?,22?,23-,24-,26?,28?,30?,31?/m1/s1. The number of hydrogen-bond donors (Lipinski definition) is 1. The van der Waals surface area contributed by atoms with Gasteiger partial charge < -0.3 is 29.0 Å². The number of ether oxygens (including phenoxy) is 3. The van der Waals surface area contributed by atoms with Gasteiger partial charge in [-0.3, -0.25) is 4.79 Å². The Kier molecular flexibility index (Phi) is 5.82. The smallest absolute Gasteiger partial charge is 0.315 e. The number of allylic oxidation sites excluding steroid dienone is 1. The van der Waals surface area contributed by atoms with E-state index in [4.69, 9.17) is 14.2 Å². The fourth-order valence-corrected chi connectivity index (χ4v) is 11.2. The van der Waals surface area contributed by atoms with Crippen molar-refractivity contribution in [3.8, 4) is 0 Å². The maximum absolute atomic E-state index is 13.7. The van der Waals surface area contributed by atoms with Crippen LogP contribution < -0.4 is 0 Å². The van der Waals surface area contributed by atoms with Crippen molar-refractivity contribution in [1.29, 1.82) is 0 Å².